The van der Waals surface area contributed by atoms with E-state index in [0.29, 0.717) is 5.56 Å². The molecular weight excluding hydrogens is 285 g/mol. The molecule has 0 unspecified atom stereocenters. The lowest BCUT2D eigenvalue weighted by atomic mass is 10.1. The van der Waals surface area contributed by atoms with E-state index in [9.17, 15) is 4.79 Å². The average Bonchev–Trinajstić information content (AvgIpc) is 2.33. The maximum Gasteiger partial charge on any atom is 0.256 e. The van der Waals surface area contributed by atoms with Crippen LogP contribution in [0, 0.1) is 13.8 Å². The number of nitrogens with zero attached hydrogens (tertiary/aromatic N) is 2. The minimum absolute atomic E-state index is 0.109. The second-order valence-electron chi connectivity index (χ2n) is 4.10. The van der Waals surface area contributed by atoms with Crippen molar-refractivity contribution in [3.8, 4) is 0 Å². The SMILES string of the molecule is Cc1ccc(C(=O)Nc2c(Cl)ncnc2Cl)c(C)c1. The maximum absolute atomic E-state index is 12.2. The van der Waals surface area contributed by atoms with Gasteiger partial charge in [0.1, 0.15) is 12.0 Å². The Balaban J connectivity index is 2.31. The van der Waals surface area contributed by atoms with Crippen molar-refractivity contribution >= 4 is 34.8 Å². The Kier molecular flexibility index (Phi) is 4.02. The molecule has 1 aromatic carbocycles. The summed E-state index contributed by atoms with van der Waals surface area (Å²) < 4.78 is 0. The smallest absolute Gasteiger partial charge is 0.256 e. The van der Waals surface area contributed by atoms with Crippen molar-refractivity contribution in [1.82, 2.24) is 9.97 Å². The number of benzene rings is 1. The molecule has 1 aromatic heterocycles. The molecule has 0 radical (unpaired) electrons. The van der Waals surface area contributed by atoms with Crippen LogP contribution >= 0.6 is 23.2 Å². The van der Waals surface area contributed by atoms with Gasteiger partial charge in [0.05, 0.1) is 0 Å². The molecule has 0 aliphatic heterocycles. The van der Waals surface area contributed by atoms with Crippen LogP contribution in [0.25, 0.3) is 0 Å². The number of nitrogens with one attached hydrogen (secondary N) is 1. The fourth-order valence-electron chi connectivity index (χ4n) is 1.70. The van der Waals surface area contributed by atoms with E-state index in [4.69, 9.17) is 23.2 Å². The highest BCUT2D eigenvalue weighted by atomic mass is 35.5. The van der Waals surface area contributed by atoms with E-state index in [1.54, 1.807) is 6.07 Å². The van der Waals surface area contributed by atoms with Crippen molar-refractivity contribution in [3.63, 3.8) is 0 Å². The molecule has 19 heavy (non-hydrogen) atoms. The zero-order valence-corrected chi connectivity index (χ0v) is 11.9. The lowest BCUT2D eigenvalue weighted by Crippen LogP contribution is -2.14. The standard InChI is InChI=1S/C13H11Cl2N3O/c1-7-3-4-9(8(2)5-7)13(19)18-10-11(14)16-6-17-12(10)15/h3-6H,1-2H3,(H,18,19). The Bertz CT molecular complexity index is 624. The molecule has 1 N–H and O–H groups in total. The minimum Gasteiger partial charge on any atom is -0.317 e. The zero-order valence-electron chi connectivity index (χ0n) is 10.4. The average molecular weight is 296 g/mol. The molecule has 2 aromatic rings. The monoisotopic (exact) mass is 295 g/mol. The summed E-state index contributed by atoms with van der Waals surface area (Å²) in [6.07, 6.45) is 1.23. The fourth-order valence-corrected chi connectivity index (χ4v) is 2.11. The van der Waals surface area contributed by atoms with Crippen LogP contribution in [0.2, 0.25) is 10.3 Å². The molecule has 0 saturated carbocycles. The molecule has 2 rings (SSSR count). The third-order valence-electron chi connectivity index (χ3n) is 2.62. The van der Waals surface area contributed by atoms with Gasteiger partial charge in [-0.15, -0.1) is 0 Å². The van der Waals surface area contributed by atoms with Crippen molar-refractivity contribution in [1.29, 1.82) is 0 Å². The van der Waals surface area contributed by atoms with Crippen LogP contribution in [0.3, 0.4) is 0 Å². The van der Waals surface area contributed by atoms with Gasteiger partial charge in [0.15, 0.2) is 10.3 Å². The van der Waals surface area contributed by atoms with Gasteiger partial charge in [0, 0.05) is 5.56 Å². The Labute approximate surface area is 120 Å². The lowest BCUT2D eigenvalue weighted by Gasteiger charge is -2.09. The van der Waals surface area contributed by atoms with Gasteiger partial charge in [-0.3, -0.25) is 4.79 Å². The Morgan fingerprint density at radius 2 is 1.79 bits per heavy atom. The van der Waals surface area contributed by atoms with E-state index in [-0.39, 0.29) is 21.9 Å². The first-order valence-electron chi connectivity index (χ1n) is 5.53. The number of aromatic nitrogens is 2. The molecule has 1 amide bonds. The molecule has 0 fully saturated rings. The summed E-state index contributed by atoms with van der Waals surface area (Å²) in [5.41, 5.74) is 2.74. The number of rotatable bonds is 2. The molecule has 4 nitrogen and oxygen atoms in total. The number of halogens is 2. The Morgan fingerprint density at radius 3 is 2.37 bits per heavy atom. The van der Waals surface area contributed by atoms with Crippen LogP contribution in [-0.4, -0.2) is 15.9 Å². The number of hydrogen-bond donors (Lipinski definition) is 1. The van der Waals surface area contributed by atoms with Crippen molar-refractivity contribution in [2.45, 2.75) is 13.8 Å². The number of amides is 1. The predicted molar refractivity (Wildman–Crippen MR) is 75.9 cm³/mol. The molecule has 0 atom stereocenters. The van der Waals surface area contributed by atoms with Gasteiger partial charge in [-0.25, -0.2) is 9.97 Å². The molecule has 6 heteroatoms. The van der Waals surface area contributed by atoms with Crippen LogP contribution in [-0.2, 0) is 0 Å². The van der Waals surface area contributed by atoms with Crippen molar-refractivity contribution in [3.05, 3.63) is 51.5 Å². The number of anilines is 1. The first-order valence-corrected chi connectivity index (χ1v) is 6.29. The van der Waals surface area contributed by atoms with Gasteiger partial charge in [0.25, 0.3) is 5.91 Å². The molecular formula is C13H11Cl2N3O. The second-order valence-corrected chi connectivity index (χ2v) is 4.82. The van der Waals surface area contributed by atoms with Crippen molar-refractivity contribution < 1.29 is 4.79 Å². The van der Waals surface area contributed by atoms with Crippen LogP contribution in [0.1, 0.15) is 21.5 Å². The summed E-state index contributed by atoms with van der Waals surface area (Å²) in [4.78, 5) is 19.7. The fraction of sp³-hybridized carbons (Fsp3) is 0.154. The summed E-state index contributed by atoms with van der Waals surface area (Å²) in [6, 6.07) is 5.55. The Morgan fingerprint density at radius 1 is 1.16 bits per heavy atom. The van der Waals surface area contributed by atoms with E-state index in [1.165, 1.54) is 6.33 Å². The maximum atomic E-state index is 12.2. The second kappa shape index (κ2) is 5.55. The summed E-state index contributed by atoms with van der Waals surface area (Å²) in [5.74, 6) is -0.295. The highest BCUT2D eigenvalue weighted by molar-refractivity contribution is 6.38. The predicted octanol–water partition coefficient (Wildman–Crippen LogP) is 3.65. The van der Waals surface area contributed by atoms with Gasteiger partial charge in [-0.2, -0.15) is 0 Å². The topological polar surface area (TPSA) is 54.9 Å². The van der Waals surface area contributed by atoms with Gasteiger partial charge < -0.3 is 5.32 Å². The van der Waals surface area contributed by atoms with Gasteiger partial charge in [-0.05, 0) is 25.5 Å². The number of aryl methyl sites for hydroxylation is 2. The molecule has 0 aliphatic carbocycles. The van der Waals surface area contributed by atoms with Gasteiger partial charge in [0.2, 0.25) is 0 Å². The van der Waals surface area contributed by atoms with Crippen molar-refractivity contribution in [2.75, 3.05) is 5.32 Å². The van der Waals surface area contributed by atoms with Crippen LogP contribution in [0.4, 0.5) is 5.69 Å². The first kappa shape index (κ1) is 13.8. The summed E-state index contributed by atoms with van der Waals surface area (Å²) in [7, 11) is 0. The third-order valence-corrected chi connectivity index (χ3v) is 3.19. The number of hydrogen-bond acceptors (Lipinski definition) is 3. The Hall–Kier alpha value is -1.65. The molecule has 0 aliphatic rings. The number of carbonyl (C=O) groups excluding carboxylic acids is 1. The van der Waals surface area contributed by atoms with E-state index >= 15 is 0 Å². The van der Waals surface area contributed by atoms with E-state index < -0.39 is 0 Å². The zero-order chi connectivity index (χ0) is 14.0. The van der Waals surface area contributed by atoms with Gasteiger partial charge in [-0.1, -0.05) is 40.9 Å². The summed E-state index contributed by atoms with van der Waals surface area (Å²) in [6.45, 7) is 3.83. The molecule has 0 spiro atoms. The van der Waals surface area contributed by atoms with Gasteiger partial charge >= 0.3 is 0 Å². The van der Waals surface area contributed by atoms with Crippen LogP contribution in [0.5, 0.6) is 0 Å². The minimum atomic E-state index is -0.295. The quantitative estimate of drug-likeness (QED) is 0.861. The van der Waals surface area contributed by atoms with Crippen molar-refractivity contribution in [2.24, 2.45) is 0 Å². The summed E-state index contributed by atoms with van der Waals surface area (Å²) >= 11 is 11.8. The number of carbonyl (C=O) groups is 1. The molecule has 1 heterocycles. The van der Waals surface area contributed by atoms with Crippen LogP contribution < -0.4 is 5.32 Å². The largest absolute Gasteiger partial charge is 0.317 e. The van der Waals surface area contributed by atoms with E-state index in [1.807, 2.05) is 26.0 Å². The highest BCUT2D eigenvalue weighted by Gasteiger charge is 2.14. The highest BCUT2D eigenvalue weighted by Crippen LogP contribution is 2.26. The van der Waals surface area contributed by atoms with Crippen LogP contribution in [0.15, 0.2) is 24.5 Å². The lowest BCUT2D eigenvalue weighted by molar-refractivity contribution is 0.102. The van der Waals surface area contributed by atoms with E-state index in [0.717, 1.165) is 11.1 Å². The molecule has 0 saturated heterocycles. The third kappa shape index (κ3) is 3.03. The summed E-state index contributed by atoms with van der Waals surface area (Å²) in [5, 5.41) is 2.85. The molecule has 98 valence electrons. The normalized spacial score (nSPS) is 10.3. The first-order chi connectivity index (χ1) is 8.99. The van der Waals surface area contributed by atoms with E-state index in [2.05, 4.69) is 15.3 Å². The molecule has 0 bridgehead atoms.